The van der Waals surface area contributed by atoms with Crippen LogP contribution in [0.25, 0.3) is 0 Å². The zero-order valence-electron chi connectivity index (χ0n) is 15.9. The molecule has 1 fully saturated rings. The Balaban J connectivity index is 1.72. The lowest BCUT2D eigenvalue weighted by Crippen LogP contribution is -2.34. The van der Waals surface area contributed by atoms with Crippen molar-refractivity contribution in [1.82, 2.24) is 9.47 Å². The molecular weight excluding hydrogens is 368 g/mol. The smallest absolute Gasteiger partial charge is 0.250 e. The summed E-state index contributed by atoms with van der Waals surface area (Å²) in [6.07, 6.45) is 4.41. The number of rotatable bonds is 5. The molecule has 2 aliphatic rings. The van der Waals surface area contributed by atoms with Crippen LogP contribution in [0.2, 0.25) is 0 Å². The normalized spacial score (nSPS) is 18.8. The van der Waals surface area contributed by atoms with E-state index in [1.54, 1.807) is 11.0 Å². The summed E-state index contributed by atoms with van der Waals surface area (Å²) in [5, 5.41) is 0. The van der Waals surface area contributed by atoms with Gasteiger partial charge in [0.15, 0.2) is 0 Å². The second-order valence-corrected chi connectivity index (χ2v) is 9.83. The molecule has 1 amide bonds. The highest BCUT2D eigenvalue weighted by Gasteiger charge is 2.23. The Morgan fingerprint density at radius 1 is 1.19 bits per heavy atom. The summed E-state index contributed by atoms with van der Waals surface area (Å²) in [6, 6.07) is 3.50. The van der Waals surface area contributed by atoms with Gasteiger partial charge in [-0.1, -0.05) is 6.07 Å². The fraction of sp³-hybridized carbons (Fsp3) is 0.684. The van der Waals surface area contributed by atoms with Gasteiger partial charge in [-0.2, -0.15) is 0 Å². The van der Waals surface area contributed by atoms with Crippen LogP contribution in [-0.4, -0.2) is 62.1 Å². The molecule has 0 bridgehead atoms. The molecule has 1 aromatic heterocycles. The highest BCUT2D eigenvalue weighted by atomic mass is 32.2. The van der Waals surface area contributed by atoms with Crippen LogP contribution in [0.15, 0.2) is 16.9 Å². The molecule has 0 aliphatic carbocycles. The van der Waals surface area contributed by atoms with Crippen molar-refractivity contribution in [3.63, 3.8) is 0 Å². The van der Waals surface area contributed by atoms with Crippen LogP contribution < -0.4 is 5.56 Å². The van der Waals surface area contributed by atoms with Crippen molar-refractivity contribution in [2.24, 2.45) is 5.92 Å². The van der Waals surface area contributed by atoms with Gasteiger partial charge >= 0.3 is 0 Å². The number of fused-ring (bicyclic) bond motifs is 1. The standard InChI is InChI=1S/C19H28N2O5S/c1-27(24,25)13-8-18(22)20-9-4-16-2-3-19(23)21(17(16)5-10-20)14-15-6-11-26-12-7-15/h2-3,15H,4-14H2,1H3. The number of amides is 1. The molecule has 0 unspecified atom stereocenters. The first-order chi connectivity index (χ1) is 12.8. The first-order valence-corrected chi connectivity index (χ1v) is 11.6. The van der Waals surface area contributed by atoms with Crippen molar-refractivity contribution < 1.29 is 17.9 Å². The number of hydrogen-bond donors (Lipinski definition) is 0. The highest BCUT2D eigenvalue weighted by molar-refractivity contribution is 7.90. The molecular formula is C19H28N2O5S. The Kier molecular flexibility index (Phi) is 6.37. The molecule has 27 heavy (non-hydrogen) atoms. The third kappa shape index (κ3) is 5.42. The molecule has 1 saturated heterocycles. The summed E-state index contributed by atoms with van der Waals surface area (Å²) in [5.74, 6) is 0.189. The molecule has 0 spiro atoms. The first-order valence-electron chi connectivity index (χ1n) is 9.58. The quantitative estimate of drug-likeness (QED) is 0.729. The minimum Gasteiger partial charge on any atom is -0.381 e. The SMILES string of the molecule is CS(=O)(=O)CCC(=O)N1CCc2ccc(=O)n(CC3CCOCC3)c2CC1. The van der Waals surface area contributed by atoms with Gasteiger partial charge in [-0.3, -0.25) is 9.59 Å². The number of ether oxygens (including phenoxy) is 1. The summed E-state index contributed by atoms with van der Waals surface area (Å²) in [6.45, 7) is 3.28. The average molecular weight is 397 g/mol. The Bertz CT molecular complexity index is 840. The number of nitrogens with zero attached hydrogens (tertiary/aromatic N) is 2. The maximum absolute atomic E-state index is 12.5. The second-order valence-electron chi connectivity index (χ2n) is 7.57. The molecule has 0 radical (unpaired) electrons. The van der Waals surface area contributed by atoms with Crippen LogP contribution >= 0.6 is 0 Å². The van der Waals surface area contributed by atoms with Crippen molar-refractivity contribution >= 4 is 15.7 Å². The lowest BCUT2D eigenvalue weighted by molar-refractivity contribution is -0.130. The van der Waals surface area contributed by atoms with Gasteiger partial charge in [0.25, 0.3) is 5.56 Å². The molecule has 3 heterocycles. The van der Waals surface area contributed by atoms with Crippen molar-refractivity contribution in [3.8, 4) is 0 Å². The van der Waals surface area contributed by atoms with Crippen molar-refractivity contribution in [1.29, 1.82) is 0 Å². The summed E-state index contributed by atoms with van der Waals surface area (Å²) >= 11 is 0. The summed E-state index contributed by atoms with van der Waals surface area (Å²) < 4.78 is 29.9. The number of hydrogen-bond acceptors (Lipinski definition) is 5. The molecule has 2 aliphatic heterocycles. The predicted molar refractivity (Wildman–Crippen MR) is 103 cm³/mol. The third-order valence-corrected chi connectivity index (χ3v) is 6.43. The molecule has 0 N–H and O–H groups in total. The topological polar surface area (TPSA) is 85.7 Å². The number of aromatic nitrogens is 1. The fourth-order valence-corrected chi connectivity index (χ4v) is 4.41. The molecule has 7 nitrogen and oxygen atoms in total. The number of carbonyl (C=O) groups is 1. The third-order valence-electron chi connectivity index (χ3n) is 5.48. The van der Waals surface area contributed by atoms with Gasteiger partial charge in [0.2, 0.25) is 5.91 Å². The molecule has 3 rings (SSSR count). The molecule has 0 atom stereocenters. The lowest BCUT2D eigenvalue weighted by Gasteiger charge is -2.25. The average Bonchev–Trinajstić information content (AvgIpc) is 2.85. The molecule has 0 saturated carbocycles. The Hall–Kier alpha value is -1.67. The zero-order chi connectivity index (χ0) is 19.4. The van der Waals surface area contributed by atoms with Crippen LogP contribution in [-0.2, 0) is 38.8 Å². The first kappa shape index (κ1) is 20.1. The monoisotopic (exact) mass is 396 g/mol. The summed E-state index contributed by atoms with van der Waals surface area (Å²) in [5.41, 5.74) is 2.14. The van der Waals surface area contributed by atoms with E-state index in [-0.39, 0.29) is 23.6 Å². The van der Waals surface area contributed by atoms with Gasteiger partial charge in [-0.15, -0.1) is 0 Å². The maximum Gasteiger partial charge on any atom is 0.250 e. The van der Waals surface area contributed by atoms with Crippen molar-refractivity contribution in [3.05, 3.63) is 33.7 Å². The summed E-state index contributed by atoms with van der Waals surface area (Å²) in [4.78, 5) is 26.6. The van der Waals surface area contributed by atoms with Crippen LogP contribution in [0.1, 0.15) is 30.5 Å². The van der Waals surface area contributed by atoms with E-state index in [1.807, 2.05) is 10.6 Å². The Morgan fingerprint density at radius 2 is 1.89 bits per heavy atom. The van der Waals surface area contributed by atoms with E-state index in [9.17, 15) is 18.0 Å². The second kappa shape index (κ2) is 8.56. The molecule has 1 aromatic rings. The number of sulfone groups is 1. The van der Waals surface area contributed by atoms with Gasteiger partial charge in [-0.25, -0.2) is 8.42 Å². The van der Waals surface area contributed by atoms with E-state index >= 15 is 0 Å². The van der Waals surface area contributed by atoms with E-state index in [0.29, 0.717) is 38.4 Å². The fourth-order valence-electron chi connectivity index (χ4n) is 3.86. The van der Waals surface area contributed by atoms with Gasteiger partial charge in [0, 0.05) is 63.7 Å². The van der Waals surface area contributed by atoms with Crippen molar-refractivity contribution in [2.75, 3.05) is 38.3 Å². The molecule has 8 heteroatoms. The molecule has 0 aromatic carbocycles. The number of pyridine rings is 1. The van der Waals surface area contributed by atoms with Crippen molar-refractivity contribution in [2.45, 2.75) is 38.6 Å². The van der Waals surface area contributed by atoms with E-state index in [2.05, 4.69) is 0 Å². The van der Waals surface area contributed by atoms with E-state index in [4.69, 9.17) is 4.74 Å². The minimum atomic E-state index is -3.15. The van der Waals surface area contributed by atoms with Gasteiger partial charge in [-0.05, 0) is 30.7 Å². The Morgan fingerprint density at radius 3 is 2.59 bits per heavy atom. The minimum absolute atomic E-state index is 0.0112. The number of carbonyl (C=O) groups excluding carboxylic acids is 1. The van der Waals surface area contributed by atoms with Gasteiger partial charge in [0.05, 0.1) is 5.75 Å². The van der Waals surface area contributed by atoms with E-state index in [1.165, 1.54) is 0 Å². The van der Waals surface area contributed by atoms with Crippen LogP contribution in [0.3, 0.4) is 0 Å². The largest absolute Gasteiger partial charge is 0.381 e. The van der Waals surface area contributed by atoms with Crippen LogP contribution in [0, 0.1) is 5.92 Å². The predicted octanol–water partition coefficient (Wildman–Crippen LogP) is 0.637. The van der Waals surface area contributed by atoms with Crippen LogP contribution in [0.4, 0.5) is 0 Å². The van der Waals surface area contributed by atoms with Gasteiger partial charge < -0.3 is 14.2 Å². The van der Waals surface area contributed by atoms with Crippen LogP contribution in [0.5, 0.6) is 0 Å². The summed E-state index contributed by atoms with van der Waals surface area (Å²) in [7, 11) is -3.15. The molecule has 150 valence electrons. The zero-order valence-corrected chi connectivity index (χ0v) is 16.7. The van der Waals surface area contributed by atoms with E-state index < -0.39 is 9.84 Å². The van der Waals surface area contributed by atoms with E-state index in [0.717, 1.165) is 43.6 Å². The van der Waals surface area contributed by atoms with Gasteiger partial charge in [0.1, 0.15) is 9.84 Å². The lowest BCUT2D eigenvalue weighted by atomic mass is 9.99. The Labute approximate surface area is 160 Å². The maximum atomic E-state index is 12.5. The highest BCUT2D eigenvalue weighted by Crippen LogP contribution is 2.20.